The van der Waals surface area contributed by atoms with Crippen LogP contribution < -0.4 is 5.32 Å². The largest absolute Gasteiger partial charge is 0.396 e. The number of unbranched alkanes of at least 4 members (excludes halogenated alkanes) is 1. The molecule has 4 heteroatoms. The fourth-order valence-corrected chi connectivity index (χ4v) is 1.43. The van der Waals surface area contributed by atoms with Gasteiger partial charge in [-0.2, -0.15) is 0 Å². The van der Waals surface area contributed by atoms with Gasteiger partial charge in [0.15, 0.2) is 0 Å². The first kappa shape index (κ1) is 15.8. The summed E-state index contributed by atoms with van der Waals surface area (Å²) in [6.45, 7) is 6.02. The van der Waals surface area contributed by atoms with Gasteiger partial charge in [-0.25, -0.2) is 0 Å². The normalized spacial score (nSPS) is 15.0. The number of ether oxygens (including phenoxy) is 1. The van der Waals surface area contributed by atoms with Gasteiger partial charge in [0.25, 0.3) is 0 Å². The number of nitrogens with one attached hydrogen (secondary N) is 1. The summed E-state index contributed by atoms with van der Waals surface area (Å²) in [6, 6.07) is 0.287. The molecular weight excluding hydrogens is 206 g/mol. The van der Waals surface area contributed by atoms with Crippen LogP contribution in [0.1, 0.15) is 39.5 Å². The Morgan fingerprint density at radius 2 is 2.06 bits per heavy atom. The van der Waals surface area contributed by atoms with Crippen LogP contribution in [0.3, 0.4) is 0 Å². The van der Waals surface area contributed by atoms with Crippen molar-refractivity contribution in [3.8, 4) is 0 Å². The Hall–Kier alpha value is -0.160. The summed E-state index contributed by atoms with van der Waals surface area (Å²) in [5.41, 5.74) is 0. The van der Waals surface area contributed by atoms with E-state index in [1.54, 1.807) is 0 Å². The minimum atomic E-state index is -0.454. The van der Waals surface area contributed by atoms with Gasteiger partial charge in [0.05, 0.1) is 12.7 Å². The van der Waals surface area contributed by atoms with Crippen molar-refractivity contribution in [2.24, 2.45) is 0 Å². The van der Waals surface area contributed by atoms with Gasteiger partial charge in [-0.15, -0.1) is 0 Å². The molecule has 3 N–H and O–H groups in total. The molecule has 0 aliphatic rings. The smallest absolute Gasteiger partial charge is 0.0897 e. The van der Waals surface area contributed by atoms with Gasteiger partial charge in [0, 0.05) is 25.8 Å². The summed E-state index contributed by atoms with van der Waals surface area (Å²) in [6.07, 6.45) is 3.40. The van der Waals surface area contributed by atoms with Crippen molar-refractivity contribution in [2.75, 3.05) is 26.4 Å². The SMILES string of the molecule is CCCCOCC(O)CNC(CC)CCO. The fraction of sp³-hybridized carbons (Fsp3) is 1.00. The second-order valence-corrected chi connectivity index (χ2v) is 4.11. The molecule has 0 spiro atoms. The highest BCUT2D eigenvalue weighted by Crippen LogP contribution is 1.97. The summed E-state index contributed by atoms with van der Waals surface area (Å²) in [5, 5.41) is 21.6. The van der Waals surface area contributed by atoms with Crippen LogP contribution >= 0.6 is 0 Å². The number of aliphatic hydroxyl groups excluding tert-OH is 2. The second-order valence-electron chi connectivity index (χ2n) is 4.11. The first-order valence-electron chi connectivity index (χ1n) is 6.34. The zero-order valence-electron chi connectivity index (χ0n) is 10.6. The minimum absolute atomic E-state index is 0.189. The summed E-state index contributed by atoms with van der Waals surface area (Å²) in [7, 11) is 0. The first-order valence-corrected chi connectivity index (χ1v) is 6.34. The van der Waals surface area contributed by atoms with Crippen molar-refractivity contribution in [2.45, 2.75) is 51.7 Å². The molecule has 0 aliphatic heterocycles. The predicted molar refractivity (Wildman–Crippen MR) is 65.5 cm³/mol. The molecule has 2 unspecified atom stereocenters. The van der Waals surface area contributed by atoms with Crippen LogP contribution in [0, 0.1) is 0 Å². The quantitative estimate of drug-likeness (QED) is 0.464. The summed E-state index contributed by atoms with van der Waals surface area (Å²) < 4.78 is 5.32. The van der Waals surface area contributed by atoms with Gasteiger partial charge in [-0.05, 0) is 19.3 Å². The molecule has 0 rings (SSSR count). The van der Waals surface area contributed by atoms with Gasteiger partial charge in [0.2, 0.25) is 0 Å². The zero-order chi connectivity index (χ0) is 12.2. The Morgan fingerprint density at radius 3 is 2.62 bits per heavy atom. The van der Waals surface area contributed by atoms with E-state index in [9.17, 15) is 5.11 Å². The van der Waals surface area contributed by atoms with E-state index in [0.717, 1.165) is 32.3 Å². The summed E-state index contributed by atoms with van der Waals surface area (Å²) in [5.74, 6) is 0. The van der Waals surface area contributed by atoms with E-state index in [1.165, 1.54) is 0 Å². The molecule has 0 bridgehead atoms. The summed E-state index contributed by atoms with van der Waals surface area (Å²) >= 11 is 0. The van der Waals surface area contributed by atoms with Crippen molar-refractivity contribution < 1.29 is 14.9 Å². The van der Waals surface area contributed by atoms with E-state index < -0.39 is 6.10 Å². The van der Waals surface area contributed by atoms with Crippen LogP contribution in [0.2, 0.25) is 0 Å². The molecule has 0 fully saturated rings. The molecule has 98 valence electrons. The molecule has 0 amide bonds. The Morgan fingerprint density at radius 1 is 1.31 bits per heavy atom. The van der Waals surface area contributed by atoms with Gasteiger partial charge in [-0.1, -0.05) is 20.3 Å². The third-order valence-corrected chi connectivity index (χ3v) is 2.56. The topological polar surface area (TPSA) is 61.7 Å². The van der Waals surface area contributed by atoms with Crippen molar-refractivity contribution >= 4 is 0 Å². The van der Waals surface area contributed by atoms with Gasteiger partial charge in [-0.3, -0.25) is 0 Å². The highest BCUT2D eigenvalue weighted by Gasteiger charge is 2.08. The van der Waals surface area contributed by atoms with Crippen molar-refractivity contribution in [3.63, 3.8) is 0 Å². The van der Waals surface area contributed by atoms with Gasteiger partial charge in [0.1, 0.15) is 0 Å². The fourth-order valence-electron chi connectivity index (χ4n) is 1.43. The van der Waals surface area contributed by atoms with Gasteiger partial charge >= 0.3 is 0 Å². The van der Waals surface area contributed by atoms with E-state index in [-0.39, 0.29) is 12.6 Å². The number of rotatable bonds is 11. The van der Waals surface area contributed by atoms with Crippen molar-refractivity contribution in [1.82, 2.24) is 5.32 Å². The maximum atomic E-state index is 9.61. The lowest BCUT2D eigenvalue weighted by molar-refractivity contribution is 0.0341. The lowest BCUT2D eigenvalue weighted by Crippen LogP contribution is -2.37. The minimum Gasteiger partial charge on any atom is -0.396 e. The molecule has 0 aliphatic carbocycles. The Bertz CT molecular complexity index is 144. The monoisotopic (exact) mass is 233 g/mol. The van der Waals surface area contributed by atoms with E-state index in [0.29, 0.717) is 13.2 Å². The summed E-state index contributed by atoms with van der Waals surface area (Å²) in [4.78, 5) is 0. The number of hydrogen-bond donors (Lipinski definition) is 3. The maximum Gasteiger partial charge on any atom is 0.0897 e. The molecule has 0 saturated carbocycles. The number of hydrogen-bond acceptors (Lipinski definition) is 4. The second kappa shape index (κ2) is 11.3. The molecule has 0 aromatic rings. The third-order valence-electron chi connectivity index (χ3n) is 2.56. The van der Waals surface area contributed by atoms with Crippen LogP contribution in [0.4, 0.5) is 0 Å². The average Bonchev–Trinajstić information content (AvgIpc) is 2.30. The lowest BCUT2D eigenvalue weighted by atomic mass is 10.1. The van der Waals surface area contributed by atoms with Crippen LogP contribution in [0.15, 0.2) is 0 Å². The predicted octanol–water partition coefficient (Wildman–Crippen LogP) is 0.915. The highest BCUT2D eigenvalue weighted by atomic mass is 16.5. The van der Waals surface area contributed by atoms with E-state index in [4.69, 9.17) is 9.84 Å². The van der Waals surface area contributed by atoms with Crippen LogP contribution in [0.25, 0.3) is 0 Å². The molecule has 0 heterocycles. The first-order chi connectivity index (χ1) is 7.74. The maximum absolute atomic E-state index is 9.61. The highest BCUT2D eigenvalue weighted by molar-refractivity contribution is 4.67. The van der Waals surface area contributed by atoms with Crippen molar-refractivity contribution in [3.05, 3.63) is 0 Å². The van der Waals surface area contributed by atoms with Crippen LogP contribution in [0.5, 0.6) is 0 Å². The van der Waals surface area contributed by atoms with E-state index in [2.05, 4.69) is 19.2 Å². The molecule has 4 nitrogen and oxygen atoms in total. The van der Waals surface area contributed by atoms with Crippen molar-refractivity contribution in [1.29, 1.82) is 0 Å². The molecule has 16 heavy (non-hydrogen) atoms. The third kappa shape index (κ3) is 9.09. The standard InChI is InChI=1S/C12H27NO3/c1-3-5-8-16-10-12(15)9-13-11(4-2)6-7-14/h11-15H,3-10H2,1-2H3. The zero-order valence-corrected chi connectivity index (χ0v) is 10.6. The molecule has 0 aromatic carbocycles. The lowest BCUT2D eigenvalue weighted by Gasteiger charge is -2.18. The molecule has 0 saturated heterocycles. The Kier molecular flexibility index (Phi) is 11.2. The van der Waals surface area contributed by atoms with E-state index in [1.807, 2.05) is 0 Å². The van der Waals surface area contributed by atoms with Gasteiger partial charge < -0.3 is 20.3 Å². The molecule has 2 atom stereocenters. The molecule has 0 aromatic heterocycles. The Labute approximate surface area is 99.0 Å². The van der Waals surface area contributed by atoms with E-state index >= 15 is 0 Å². The number of aliphatic hydroxyl groups is 2. The Balaban J connectivity index is 3.43. The van der Waals surface area contributed by atoms with Crippen LogP contribution in [-0.4, -0.2) is 48.7 Å². The average molecular weight is 233 g/mol. The molecule has 0 radical (unpaired) electrons. The molecular formula is C12H27NO3. The van der Waals surface area contributed by atoms with Crippen LogP contribution in [-0.2, 0) is 4.74 Å².